The van der Waals surface area contributed by atoms with E-state index in [4.69, 9.17) is 4.74 Å². The molecule has 0 aliphatic rings. The molecule has 1 aromatic carbocycles. The molecule has 0 radical (unpaired) electrons. The summed E-state index contributed by atoms with van der Waals surface area (Å²) in [5.41, 5.74) is 0.0289. The van der Waals surface area contributed by atoms with Gasteiger partial charge in [0.1, 0.15) is 0 Å². The highest BCUT2D eigenvalue weighted by atomic mass is 19.4. The van der Waals surface area contributed by atoms with Crippen molar-refractivity contribution < 1.29 is 17.9 Å². The summed E-state index contributed by atoms with van der Waals surface area (Å²) in [5.74, 6) is 0.334. The SMILES string of the molecule is COCC(C)CNCc1cccc(C(F)(F)F)c1. The van der Waals surface area contributed by atoms with Crippen molar-refractivity contribution in [2.24, 2.45) is 5.92 Å². The molecule has 1 unspecified atom stereocenters. The molecule has 18 heavy (non-hydrogen) atoms. The van der Waals surface area contributed by atoms with Crippen molar-refractivity contribution in [2.45, 2.75) is 19.6 Å². The molecule has 0 aliphatic carbocycles. The zero-order valence-corrected chi connectivity index (χ0v) is 10.6. The second-order valence-corrected chi connectivity index (χ2v) is 4.39. The maximum absolute atomic E-state index is 12.5. The van der Waals surface area contributed by atoms with Gasteiger partial charge in [0.05, 0.1) is 5.56 Å². The molecule has 1 rings (SSSR count). The first-order chi connectivity index (χ1) is 8.43. The lowest BCUT2D eigenvalue weighted by Crippen LogP contribution is -2.23. The van der Waals surface area contributed by atoms with Crippen LogP contribution in [-0.4, -0.2) is 20.3 Å². The van der Waals surface area contributed by atoms with Crippen LogP contribution in [0.1, 0.15) is 18.1 Å². The van der Waals surface area contributed by atoms with Crippen LogP contribution >= 0.6 is 0 Å². The summed E-state index contributed by atoms with van der Waals surface area (Å²) in [6.07, 6.45) is -4.28. The minimum atomic E-state index is -4.28. The maximum atomic E-state index is 12.5. The van der Waals surface area contributed by atoms with Gasteiger partial charge in [0.25, 0.3) is 0 Å². The summed E-state index contributed by atoms with van der Waals surface area (Å²) in [4.78, 5) is 0. The lowest BCUT2D eigenvalue weighted by molar-refractivity contribution is -0.137. The van der Waals surface area contributed by atoms with Crippen LogP contribution in [-0.2, 0) is 17.5 Å². The van der Waals surface area contributed by atoms with E-state index in [9.17, 15) is 13.2 Å². The normalized spacial score (nSPS) is 13.6. The van der Waals surface area contributed by atoms with Crippen LogP contribution in [0.4, 0.5) is 13.2 Å². The minimum absolute atomic E-state index is 0.334. The smallest absolute Gasteiger partial charge is 0.384 e. The monoisotopic (exact) mass is 261 g/mol. The van der Waals surface area contributed by atoms with Crippen LogP contribution in [0, 0.1) is 5.92 Å². The number of rotatable bonds is 6. The molecule has 0 aromatic heterocycles. The molecule has 5 heteroatoms. The number of alkyl halides is 3. The van der Waals surface area contributed by atoms with Gasteiger partial charge in [0.2, 0.25) is 0 Å². The maximum Gasteiger partial charge on any atom is 0.416 e. The van der Waals surface area contributed by atoms with Crippen LogP contribution in [0.5, 0.6) is 0 Å². The van der Waals surface area contributed by atoms with Gasteiger partial charge in [-0.05, 0) is 17.5 Å². The molecule has 0 heterocycles. The fourth-order valence-corrected chi connectivity index (χ4v) is 1.66. The van der Waals surface area contributed by atoms with E-state index in [1.807, 2.05) is 6.92 Å². The highest BCUT2D eigenvalue weighted by Gasteiger charge is 2.30. The summed E-state index contributed by atoms with van der Waals surface area (Å²) in [7, 11) is 1.63. The van der Waals surface area contributed by atoms with E-state index in [1.54, 1.807) is 13.2 Å². The summed E-state index contributed by atoms with van der Waals surface area (Å²) in [6, 6.07) is 5.37. The molecule has 0 fully saturated rings. The summed E-state index contributed by atoms with van der Waals surface area (Å²) >= 11 is 0. The van der Waals surface area contributed by atoms with Gasteiger partial charge in [-0.1, -0.05) is 25.1 Å². The van der Waals surface area contributed by atoms with Crippen molar-refractivity contribution in [3.63, 3.8) is 0 Å². The number of benzene rings is 1. The Kier molecular flexibility index (Phi) is 5.62. The number of halogens is 3. The van der Waals surface area contributed by atoms with Crippen LogP contribution in [0.2, 0.25) is 0 Å². The molecule has 1 atom stereocenters. The van der Waals surface area contributed by atoms with Crippen molar-refractivity contribution in [3.05, 3.63) is 35.4 Å². The Morgan fingerprint density at radius 3 is 2.67 bits per heavy atom. The van der Waals surface area contributed by atoms with Crippen molar-refractivity contribution in [3.8, 4) is 0 Å². The molecule has 2 nitrogen and oxygen atoms in total. The minimum Gasteiger partial charge on any atom is -0.384 e. The van der Waals surface area contributed by atoms with Crippen molar-refractivity contribution in [1.82, 2.24) is 5.32 Å². The Bertz CT molecular complexity index is 365. The molecule has 0 spiro atoms. The predicted octanol–water partition coefficient (Wildman–Crippen LogP) is 3.08. The number of methoxy groups -OCH3 is 1. The fourth-order valence-electron chi connectivity index (χ4n) is 1.66. The average Bonchev–Trinajstić information content (AvgIpc) is 2.29. The van der Waals surface area contributed by atoms with Gasteiger partial charge in [-0.25, -0.2) is 0 Å². The van der Waals surface area contributed by atoms with Gasteiger partial charge in [-0.3, -0.25) is 0 Å². The Labute approximate surface area is 105 Å². The molecule has 102 valence electrons. The Morgan fingerprint density at radius 2 is 2.06 bits per heavy atom. The Balaban J connectivity index is 2.48. The standard InChI is InChI=1S/C13H18F3NO/c1-10(9-18-2)7-17-8-11-4-3-5-12(6-11)13(14,15)16/h3-6,10,17H,7-9H2,1-2H3. The number of hydrogen-bond donors (Lipinski definition) is 1. The van der Waals surface area contributed by atoms with E-state index in [1.165, 1.54) is 12.1 Å². The molecule has 0 aliphatic heterocycles. The highest BCUT2D eigenvalue weighted by molar-refractivity contribution is 5.25. The molecule has 1 aromatic rings. The second-order valence-electron chi connectivity index (χ2n) is 4.39. The van der Waals surface area contributed by atoms with Crippen LogP contribution < -0.4 is 5.32 Å². The highest BCUT2D eigenvalue weighted by Crippen LogP contribution is 2.29. The van der Waals surface area contributed by atoms with Crippen molar-refractivity contribution >= 4 is 0 Å². The zero-order valence-electron chi connectivity index (χ0n) is 10.6. The van der Waals surface area contributed by atoms with Gasteiger partial charge in [-0.15, -0.1) is 0 Å². The lowest BCUT2D eigenvalue weighted by atomic mass is 10.1. The van der Waals surface area contributed by atoms with Crippen molar-refractivity contribution in [1.29, 1.82) is 0 Å². The zero-order chi connectivity index (χ0) is 13.6. The van der Waals surface area contributed by atoms with Crippen LogP contribution in [0.15, 0.2) is 24.3 Å². The number of ether oxygens (including phenoxy) is 1. The third kappa shape index (κ3) is 5.06. The summed E-state index contributed by atoms with van der Waals surface area (Å²) in [5, 5.41) is 3.12. The Morgan fingerprint density at radius 1 is 1.33 bits per heavy atom. The van der Waals surface area contributed by atoms with Gasteiger partial charge >= 0.3 is 6.18 Å². The largest absolute Gasteiger partial charge is 0.416 e. The summed E-state index contributed by atoms with van der Waals surface area (Å²) < 4.78 is 42.4. The van der Waals surface area contributed by atoms with Gasteiger partial charge in [-0.2, -0.15) is 13.2 Å². The second kappa shape index (κ2) is 6.75. The first-order valence-electron chi connectivity index (χ1n) is 5.79. The quantitative estimate of drug-likeness (QED) is 0.849. The third-order valence-corrected chi connectivity index (χ3v) is 2.53. The van der Waals surface area contributed by atoms with E-state index in [2.05, 4.69) is 5.32 Å². The predicted molar refractivity (Wildman–Crippen MR) is 64.2 cm³/mol. The summed E-state index contributed by atoms with van der Waals surface area (Å²) in [6.45, 7) is 3.79. The van der Waals surface area contributed by atoms with E-state index in [0.29, 0.717) is 31.2 Å². The van der Waals surface area contributed by atoms with Crippen LogP contribution in [0.3, 0.4) is 0 Å². The van der Waals surface area contributed by atoms with Crippen molar-refractivity contribution in [2.75, 3.05) is 20.3 Å². The van der Waals surface area contributed by atoms with Gasteiger partial charge < -0.3 is 10.1 Å². The van der Waals surface area contributed by atoms with E-state index in [-0.39, 0.29) is 0 Å². The van der Waals surface area contributed by atoms with Gasteiger partial charge in [0, 0.05) is 26.8 Å². The molecule has 0 saturated heterocycles. The number of nitrogens with one attached hydrogen (secondary N) is 1. The van der Waals surface area contributed by atoms with E-state index in [0.717, 1.165) is 6.07 Å². The molecule has 0 saturated carbocycles. The first-order valence-corrected chi connectivity index (χ1v) is 5.79. The fraction of sp³-hybridized carbons (Fsp3) is 0.538. The molecule has 0 bridgehead atoms. The average molecular weight is 261 g/mol. The molecule has 1 N–H and O–H groups in total. The number of hydrogen-bond acceptors (Lipinski definition) is 2. The van der Waals surface area contributed by atoms with Crippen LogP contribution in [0.25, 0.3) is 0 Å². The molecule has 0 amide bonds. The van der Waals surface area contributed by atoms with E-state index < -0.39 is 11.7 Å². The molecular weight excluding hydrogens is 243 g/mol. The lowest BCUT2D eigenvalue weighted by Gasteiger charge is -2.12. The third-order valence-electron chi connectivity index (χ3n) is 2.53. The van der Waals surface area contributed by atoms with E-state index >= 15 is 0 Å². The van der Waals surface area contributed by atoms with Gasteiger partial charge in [0.15, 0.2) is 0 Å². The topological polar surface area (TPSA) is 21.3 Å². The first kappa shape index (κ1) is 15.0. The Hall–Kier alpha value is -1.07. The molecular formula is C13H18F3NO.